The van der Waals surface area contributed by atoms with E-state index in [1.165, 1.54) is 4.90 Å². The van der Waals surface area contributed by atoms with Gasteiger partial charge in [-0.05, 0) is 37.6 Å². The summed E-state index contributed by atoms with van der Waals surface area (Å²) in [6, 6.07) is 7.31. The molecular formula is C23H30ClN5O3S. The number of pyridine rings is 1. The molecule has 0 aliphatic carbocycles. The predicted molar refractivity (Wildman–Crippen MR) is 134 cm³/mol. The second-order valence-corrected chi connectivity index (χ2v) is 11.3. The van der Waals surface area contributed by atoms with Gasteiger partial charge in [0, 0.05) is 70.9 Å². The first-order chi connectivity index (χ1) is 15.6. The molecule has 0 N–H and O–H groups in total. The summed E-state index contributed by atoms with van der Waals surface area (Å²) in [6.45, 7) is 5.35. The van der Waals surface area contributed by atoms with Crippen LogP contribution in [0.4, 0.5) is 5.82 Å². The molecule has 0 bridgehead atoms. The topological polar surface area (TPSA) is 86.2 Å². The minimum atomic E-state index is -3.27. The molecule has 1 aromatic carbocycles. The molecule has 8 nitrogen and oxygen atoms in total. The number of anilines is 1. The Morgan fingerprint density at radius 3 is 2.36 bits per heavy atom. The largest absolute Gasteiger partial charge is 0.353 e. The van der Waals surface area contributed by atoms with Crippen LogP contribution in [-0.2, 0) is 10.0 Å². The zero-order valence-electron chi connectivity index (χ0n) is 19.6. The van der Waals surface area contributed by atoms with E-state index in [1.54, 1.807) is 63.8 Å². The van der Waals surface area contributed by atoms with Crippen LogP contribution in [0.3, 0.4) is 0 Å². The minimum absolute atomic E-state index is 0.155. The van der Waals surface area contributed by atoms with Gasteiger partial charge in [-0.3, -0.25) is 9.79 Å². The van der Waals surface area contributed by atoms with Crippen molar-refractivity contribution >= 4 is 39.6 Å². The van der Waals surface area contributed by atoms with E-state index in [-0.39, 0.29) is 5.91 Å². The molecule has 2 heterocycles. The maximum Gasteiger partial charge on any atom is 0.254 e. The molecule has 10 heteroatoms. The predicted octanol–water partition coefficient (Wildman–Crippen LogP) is 3.01. The number of rotatable bonds is 6. The van der Waals surface area contributed by atoms with Crippen molar-refractivity contribution < 1.29 is 13.2 Å². The van der Waals surface area contributed by atoms with Crippen molar-refractivity contribution in [3.05, 3.63) is 46.6 Å². The normalized spacial score (nSPS) is 15.4. The molecule has 0 spiro atoms. The van der Waals surface area contributed by atoms with E-state index in [0.29, 0.717) is 36.8 Å². The quantitative estimate of drug-likeness (QED) is 0.580. The third kappa shape index (κ3) is 5.37. The number of amides is 1. The monoisotopic (exact) mass is 491 g/mol. The highest BCUT2D eigenvalue weighted by Gasteiger charge is 2.30. The van der Waals surface area contributed by atoms with E-state index in [9.17, 15) is 13.2 Å². The Kier molecular flexibility index (Phi) is 7.76. The van der Waals surface area contributed by atoms with Crippen molar-refractivity contribution in [3.8, 4) is 11.1 Å². The zero-order valence-corrected chi connectivity index (χ0v) is 21.2. The summed E-state index contributed by atoms with van der Waals surface area (Å²) in [4.78, 5) is 24.7. The minimum Gasteiger partial charge on any atom is -0.353 e. The lowest BCUT2D eigenvalue weighted by Gasteiger charge is -2.36. The van der Waals surface area contributed by atoms with Crippen molar-refractivity contribution in [1.29, 1.82) is 0 Å². The Hall–Kier alpha value is -2.49. The van der Waals surface area contributed by atoms with Gasteiger partial charge in [-0.15, -0.1) is 0 Å². The highest BCUT2D eigenvalue weighted by atomic mass is 35.5. The van der Waals surface area contributed by atoms with E-state index in [1.807, 2.05) is 12.1 Å². The van der Waals surface area contributed by atoms with Crippen LogP contribution in [0.25, 0.3) is 11.1 Å². The highest BCUT2D eigenvalue weighted by Crippen LogP contribution is 2.29. The van der Waals surface area contributed by atoms with Gasteiger partial charge in [0.2, 0.25) is 10.0 Å². The highest BCUT2D eigenvalue weighted by molar-refractivity contribution is 7.89. The average Bonchev–Trinajstić information content (AvgIpc) is 2.78. The Bertz CT molecular complexity index is 1160. The lowest BCUT2D eigenvalue weighted by molar-refractivity contribution is 0.0828. The molecule has 0 saturated carbocycles. The van der Waals surface area contributed by atoms with Crippen LogP contribution in [0.2, 0.25) is 5.02 Å². The van der Waals surface area contributed by atoms with E-state index in [2.05, 4.69) is 14.9 Å². The Balaban J connectivity index is 1.87. The van der Waals surface area contributed by atoms with Crippen LogP contribution in [0.15, 0.2) is 35.5 Å². The van der Waals surface area contributed by atoms with Gasteiger partial charge in [0.15, 0.2) is 0 Å². The molecule has 0 radical (unpaired) electrons. The molecule has 33 heavy (non-hydrogen) atoms. The number of piperazine rings is 1. The van der Waals surface area contributed by atoms with Crippen LogP contribution in [0.1, 0.15) is 29.8 Å². The molecule has 1 aliphatic heterocycles. The number of aliphatic imine (C=N–C) groups is 1. The maximum atomic E-state index is 12.5. The molecule has 1 fully saturated rings. The third-order valence-electron chi connectivity index (χ3n) is 5.60. The third-order valence-corrected chi connectivity index (χ3v) is 8.19. The lowest BCUT2D eigenvalue weighted by Crippen LogP contribution is -2.50. The smallest absolute Gasteiger partial charge is 0.254 e. The lowest BCUT2D eigenvalue weighted by atomic mass is 10.0. The maximum absolute atomic E-state index is 12.5. The molecular weight excluding hydrogens is 462 g/mol. The molecule has 1 aromatic heterocycles. The first-order valence-corrected chi connectivity index (χ1v) is 12.6. The van der Waals surface area contributed by atoms with Crippen LogP contribution in [0.5, 0.6) is 0 Å². The van der Waals surface area contributed by atoms with Crippen molar-refractivity contribution in [1.82, 2.24) is 14.2 Å². The Labute approximate surface area is 200 Å². The van der Waals surface area contributed by atoms with Crippen LogP contribution >= 0.6 is 11.6 Å². The van der Waals surface area contributed by atoms with Gasteiger partial charge >= 0.3 is 0 Å². The number of halogens is 1. The molecule has 3 rings (SSSR count). The standard InChI is InChI=1S/C23H30ClN5O3S/c1-16(2)33(31,32)29-10-8-28(9-11-29)22-19(14-25-3)12-18(15-26-22)17-6-7-20(21(24)13-17)23(30)27(4)5/h6-7,12-16H,8-11H2,1-5H3/b25-14+. The summed E-state index contributed by atoms with van der Waals surface area (Å²) >= 11 is 6.39. The first-order valence-electron chi connectivity index (χ1n) is 10.7. The number of sulfonamides is 1. The summed E-state index contributed by atoms with van der Waals surface area (Å²) in [5.41, 5.74) is 2.97. The molecule has 178 valence electrons. The molecule has 2 aromatic rings. The fourth-order valence-electron chi connectivity index (χ4n) is 3.69. The van der Waals surface area contributed by atoms with Crippen molar-refractivity contribution in [2.75, 3.05) is 52.2 Å². The number of benzene rings is 1. The van der Waals surface area contributed by atoms with Crippen LogP contribution < -0.4 is 4.90 Å². The molecule has 0 unspecified atom stereocenters. The SMILES string of the molecule is C/N=C/c1cc(-c2ccc(C(=O)N(C)C)c(Cl)c2)cnc1N1CCN(S(=O)(=O)C(C)C)CC1. The summed E-state index contributed by atoms with van der Waals surface area (Å²) in [5.74, 6) is 0.605. The van der Waals surface area contributed by atoms with Crippen molar-refractivity contribution in [2.45, 2.75) is 19.1 Å². The Morgan fingerprint density at radius 2 is 1.82 bits per heavy atom. The van der Waals surface area contributed by atoms with Gasteiger partial charge in [0.1, 0.15) is 5.82 Å². The second kappa shape index (κ2) is 10.2. The number of hydrogen-bond acceptors (Lipinski definition) is 6. The summed E-state index contributed by atoms with van der Waals surface area (Å²) in [6.07, 6.45) is 3.51. The number of carbonyl (C=O) groups is 1. The Morgan fingerprint density at radius 1 is 1.15 bits per heavy atom. The van der Waals surface area contributed by atoms with Gasteiger partial charge in [0.25, 0.3) is 5.91 Å². The van der Waals surface area contributed by atoms with Gasteiger partial charge in [-0.2, -0.15) is 4.31 Å². The van der Waals surface area contributed by atoms with E-state index >= 15 is 0 Å². The van der Waals surface area contributed by atoms with E-state index < -0.39 is 15.3 Å². The van der Waals surface area contributed by atoms with Crippen LogP contribution in [0, 0.1) is 0 Å². The molecule has 0 atom stereocenters. The zero-order chi connectivity index (χ0) is 24.3. The number of nitrogens with zero attached hydrogens (tertiary/aromatic N) is 5. The summed E-state index contributed by atoms with van der Waals surface area (Å²) in [5, 5.41) is -0.0565. The molecule has 1 aliphatic rings. The summed E-state index contributed by atoms with van der Waals surface area (Å²) < 4.78 is 26.5. The number of hydrogen-bond donors (Lipinski definition) is 0. The fourth-order valence-corrected chi connectivity index (χ4v) is 5.22. The molecule has 1 amide bonds. The number of aromatic nitrogens is 1. The van der Waals surface area contributed by atoms with Crippen molar-refractivity contribution in [2.24, 2.45) is 4.99 Å². The van der Waals surface area contributed by atoms with Gasteiger partial charge in [-0.25, -0.2) is 13.4 Å². The van der Waals surface area contributed by atoms with Crippen LogP contribution in [-0.4, -0.2) is 87.3 Å². The second-order valence-electron chi connectivity index (χ2n) is 8.40. The van der Waals surface area contributed by atoms with Gasteiger partial charge in [0.05, 0.1) is 15.8 Å². The van der Waals surface area contributed by atoms with Gasteiger partial charge < -0.3 is 9.80 Å². The fraction of sp³-hybridized carbons (Fsp3) is 0.435. The first kappa shape index (κ1) is 25.1. The summed E-state index contributed by atoms with van der Waals surface area (Å²) in [7, 11) is 1.80. The average molecular weight is 492 g/mol. The van der Waals surface area contributed by atoms with Crippen molar-refractivity contribution in [3.63, 3.8) is 0 Å². The van der Waals surface area contributed by atoms with Gasteiger partial charge in [-0.1, -0.05) is 17.7 Å². The molecule has 1 saturated heterocycles. The number of carbonyl (C=O) groups excluding carboxylic acids is 1. The van der Waals surface area contributed by atoms with E-state index in [0.717, 1.165) is 22.5 Å². The van der Waals surface area contributed by atoms with E-state index in [4.69, 9.17) is 11.6 Å².